The van der Waals surface area contributed by atoms with Gasteiger partial charge in [0.25, 0.3) is 5.91 Å². The normalized spacial score (nSPS) is 10.6. The number of carbonyl (C=O) groups is 2. The molecule has 0 fully saturated rings. The summed E-state index contributed by atoms with van der Waals surface area (Å²) in [4.78, 5) is 25.9. The Bertz CT molecular complexity index is 883. The second kappa shape index (κ2) is 9.95. The number of nitrogens with one attached hydrogen (secondary N) is 1. The lowest BCUT2D eigenvalue weighted by Gasteiger charge is -2.22. The molecule has 2 amide bonds. The van der Waals surface area contributed by atoms with E-state index in [0.717, 1.165) is 17.2 Å². The van der Waals surface area contributed by atoms with Gasteiger partial charge < -0.3 is 15.0 Å². The fourth-order valence-corrected chi connectivity index (χ4v) is 2.80. The van der Waals surface area contributed by atoms with E-state index in [4.69, 9.17) is 4.74 Å². The summed E-state index contributed by atoms with van der Waals surface area (Å²) in [7, 11) is 0. The number of carbonyl (C=O) groups excluding carboxylic acids is 2. The highest BCUT2D eigenvalue weighted by Gasteiger charge is 2.20. The van der Waals surface area contributed by atoms with Gasteiger partial charge in [0.15, 0.2) is 24.1 Å². The van der Waals surface area contributed by atoms with E-state index in [9.17, 15) is 22.8 Å². The van der Waals surface area contributed by atoms with Crippen molar-refractivity contribution >= 4 is 17.5 Å². The predicted molar refractivity (Wildman–Crippen MR) is 103 cm³/mol. The van der Waals surface area contributed by atoms with Crippen molar-refractivity contribution in [2.45, 2.75) is 27.2 Å². The minimum atomic E-state index is -1.67. The summed E-state index contributed by atoms with van der Waals surface area (Å²) in [5.41, 5.74) is 1.49. The van der Waals surface area contributed by atoms with Gasteiger partial charge in [0.2, 0.25) is 5.91 Å². The zero-order valence-corrected chi connectivity index (χ0v) is 16.5. The third kappa shape index (κ3) is 6.23. The Kier molecular flexibility index (Phi) is 7.64. The number of aryl methyl sites for hydroxylation is 2. The summed E-state index contributed by atoms with van der Waals surface area (Å²) in [6.45, 7) is 5.29. The molecule has 5 nitrogen and oxygen atoms in total. The van der Waals surface area contributed by atoms with Gasteiger partial charge in [-0.1, -0.05) is 13.0 Å². The third-order valence-electron chi connectivity index (χ3n) is 4.05. The maximum Gasteiger partial charge on any atom is 0.260 e. The molecule has 8 heteroatoms. The van der Waals surface area contributed by atoms with Gasteiger partial charge in [0.05, 0.1) is 12.2 Å². The Morgan fingerprint density at radius 2 is 1.69 bits per heavy atom. The van der Waals surface area contributed by atoms with Crippen molar-refractivity contribution in [2.75, 3.05) is 25.0 Å². The van der Waals surface area contributed by atoms with Gasteiger partial charge in [-0.05, 0) is 55.7 Å². The Balaban J connectivity index is 2.00. The highest BCUT2D eigenvalue weighted by atomic mass is 19.2. The average molecular weight is 408 g/mol. The standard InChI is InChI=1S/C21H23F3N2O3/c1-4-7-26(19(28)12-29-15-9-13(2)8-14(3)10-15)11-18(27)25-17-6-5-16(22)20(23)21(17)24/h5-6,8-10H,4,7,11-12H2,1-3H3,(H,25,27). The van der Waals surface area contributed by atoms with Crippen LogP contribution in [0.1, 0.15) is 24.5 Å². The summed E-state index contributed by atoms with van der Waals surface area (Å²) in [6, 6.07) is 7.19. The summed E-state index contributed by atoms with van der Waals surface area (Å²) in [5.74, 6) is -5.14. The van der Waals surface area contributed by atoms with E-state index in [1.807, 2.05) is 26.8 Å². The lowest BCUT2D eigenvalue weighted by Crippen LogP contribution is -2.41. The Hall–Kier alpha value is -3.03. The molecule has 2 aromatic carbocycles. The summed E-state index contributed by atoms with van der Waals surface area (Å²) in [6.07, 6.45) is 0.585. The van der Waals surface area contributed by atoms with Crippen molar-refractivity contribution in [2.24, 2.45) is 0 Å². The van der Waals surface area contributed by atoms with Crippen molar-refractivity contribution in [1.82, 2.24) is 4.90 Å². The topological polar surface area (TPSA) is 58.6 Å². The van der Waals surface area contributed by atoms with E-state index in [2.05, 4.69) is 5.32 Å². The number of ether oxygens (including phenoxy) is 1. The molecule has 0 saturated heterocycles. The molecule has 0 unspecified atom stereocenters. The monoisotopic (exact) mass is 408 g/mol. The lowest BCUT2D eigenvalue weighted by atomic mass is 10.1. The largest absolute Gasteiger partial charge is 0.484 e. The van der Waals surface area contributed by atoms with Crippen LogP contribution in [0.25, 0.3) is 0 Å². The number of hydrogen-bond donors (Lipinski definition) is 1. The van der Waals surface area contributed by atoms with Gasteiger partial charge in [-0.15, -0.1) is 0 Å². The van der Waals surface area contributed by atoms with Crippen molar-refractivity contribution in [3.8, 4) is 5.75 Å². The quantitative estimate of drug-likeness (QED) is 0.673. The summed E-state index contributed by atoms with van der Waals surface area (Å²) < 4.78 is 45.5. The van der Waals surface area contributed by atoms with Crippen molar-refractivity contribution in [3.63, 3.8) is 0 Å². The number of nitrogens with zero attached hydrogens (tertiary/aromatic N) is 1. The zero-order chi connectivity index (χ0) is 21.6. The van der Waals surface area contributed by atoms with Crippen molar-refractivity contribution in [1.29, 1.82) is 0 Å². The van der Waals surface area contributed by atoms with Crippen LogP contribution in [0.4, 0.5) is 18.9 Å². The van der Waals surface area contributed by atoms with Gasteiger partial charge in [-0.3, -0.25) is 9.59 Å². The van der Waals surface area contributed by atoms with E-state index < -0.39 is 35.0 Å². The average Bonchev–Trinajstić information content (AvgIpc) is 2.65. The van der Waals surface area contributed by atoms with Crippen molar-refractivity contribution < 1.29 is 27.5 Å². The zero-order valence-electron chi connectivity index (χ0n) is 16.5. The third-order valence-corrected chi connectivity index (χ3v) is 4.05. The molecule has 0 aromatic heterocycles. The first-order chi connectivity index (χ1) is 13.7. The molecule has 0 atom stereocenters. The molecule has 0 bridgehead atoms. The highest BCUT2D eigenvalue weighted by Crippen LogP contribution is 2.20. The molecule has 2 rings (SSSR count). The smallest absolute Gasteiger partial charge is 0.260 e. The maximum atomic E-state index is 13.7. The van der Waals surface area contributed by atoms with Crippen LogP contribution in [0.5, 0.6) is 5.75 Å². The second-order valence-electron chi connectivity index (χ2n) is 6.70. The van der Waals surface area contributed by atoms with E-state index in [1.165, 1.54) is 4.90 Å². The van der Waals surface area contributed by atoms with Gasteiger partial charge in [0.1, 0.15) is 5.75 Å². The molecule has 29 heavy (non-hydrogen) atoms. The van der Waals surface area contributed by atoms with Crippen LogP contribution in [0.15, 0.2) is 30.3 Å². The van der Waals surface area contributed by atoms with Crippen LogP contribution >= 0.6 is 0 Å². The predicted octanol–water partition coefficient (Wildman–Crippen LogP) is 3.98. The van der Waals surface area contributed by atoms with Gasteiger partial charge in [-0.25, -0.2) is 13.2 Å². The Morgan fingerprint density at radius 1 is 1.03 bits per heavy atom. The first-order valence-corrected chi connectivity index (χ1v) is 9.13. The summed E-state index contributed by atoms with van der Waals surface area (Å²) >= 11 is 0. The van der Waals surface area contributed by atoms with Crippen LogP contribution in [-0.2, 0) is 9.59 Å². The molecule has 2 aromatic rings. The van der Waals surface area contributed by atoms with Crippen LogP contribution < -0.4 is 10.1 Å². The molecule has 156 valence electrons. The molecule has 0 radical (unpaired) electrons. The van der Waals surface area contributed by atoms with E-state index in [1.54, 1.807) is 12.1 Å². The molecule has 0 spiro atoms. The van der Waals surface area contributed by atoms with Crippen LogP contribution in [0, 0.1) is 31.3 Å². The molecule has 1 N–H and O–H groups in total. The van der Waals surface area contributed by atoms with Crippen LogP contribution in [-0.4, -0.2) is 36.4 Å². The first kappa shape index (κ1) is 22.3. The number of amides is 2. The van der Waals surface area contributed by atoms with Crippen LogP contribution in [0.2, 0.25) is 0 Å². The second-order valence-corrected chi connectivity index (χ2v) is 6.70. The molecular formula is C21H23F3N2O3. The minimum Gasteiger partial charge on any atom is -0.484 e. The number of anilines is 1. The fraction of sp³-hybridized carbons (Fsp3) is 0.333. The molecule has 0 heterocycles. The number of hydrogen-bond acceptors (Lipinski definition) is 3. The van der Waals surface area contributed by atoms with Gasteiger partial charge >= 0.3 is 0 Å². The van der Waals surface area contributed by atoms with E-state index >= 15 is 0 Å². The Labute approximate surface area is 167 Å². The molecule has 0 aliphatic heterocycles. The fourth-order valence-electron chi connectivity index (χ4n) is 2.80. The molecular weight excluding hydrogens is 385 g/mol. The SMILES string of the molecule is CCCN(CC(=O)Nc1ccc(F)c(F)c1F)C(=O)COc1cc(C)cc(C)c1. The number of halogens is 3. The van der Waals surface area contributed by atoms with Crippen LogP contribution in [0.3, 0.4) is 0 Å². The van der Waals surface area contributed by atoms with E-state index in [-0.39, 0.29) is 19.7 Å². The minimum absolute atomic E-state index is 0.268. The van der Waals surface area contributed by atoms with Crippen molar-refractivity contribution in [3.05, 3.63) is 58.9 Å². The van der Waals surface area contributed by atoms with E-state index in [0.29, 0.717) is 18.2 Å². The highest BCUT2D eigenvalue weighted by molar-refractivity contribution is 5.94. The Morgan fingerprint density at radius 3 is 2.31 bits per heavy atom. The van der Waals surface area contributed by atoms with Gasteiger partial charge in [-0.2, -0.15) is 0 Å². The van der Waals surface area contributed by atoms with Gasteiger partial charge in [0, 0.05) is 6.54 Å². The lowest BCUT2D eigenvalue weighted by molar-refractivity contribution is -0.136. The maximum absolute atomic E-state index is 13.7. The molecule has 0 aliphatic rings. The number of benzene rings is 2. The molecule has 0 saturated carbocycles. The first-order valence-electron chi connectivity index (χ1n) is 9.13. The number of rotatable bonds is 8. The molecule has 0 aliphatic carbocycles. The summed E-state index contributed by atoms with van der Waals surface area (Å²) in [5, 5.41) is 2.16.